The van der Waals surface area contributed by atoms with Crippen LogP contribution >= 0.6 is 15.9 Å². The summed E-state index contributed by atoms with van der Waals surface area (Å²) in [7, 11) is 0. The van der Waals surface area contributed by atoms with E-state index in [2.05, 4.69) is 26.1 Å². The Morgan fingerprint density at radius 2 is 1.85 bits per heavy atom. The molecule has 0 bridgehead atoms. The van der Waals surface area contributed by atoms with Crippen LogP contribution in [-0.4, -0.2) is 6.36 Å². The van der Waals surface area contributed by atoms with E-state index in [0.717, 1.165) is 0 Å². The summed E-state index contributed by atoms with van der Waals surface area (Å²) in [5, 5.41) is 0. The van der Waals surface area contributed by atoms with E-state index < -0.39 is 12.4 Å². The first-order chi connectivity index (χ1) is 9.40. The van der Waals surface area contributed by atoms with Crippen LogP contribution in [-0.2, 0) is 0 Å². The minimum Gasteiger partial charge on any atom is -0.466 e. The SMILES string of the molecule is NNC(c1ccc(OC(F)(F)F)cc1)c1occc1Br. The summed E-state index contributed by atoms with van der Waals surface area (Å²) in [6.45, 7) is 0. The summed E-state index contributed by atoms with van der Waals surface area (Å²) in [6.07, 6.45) is -3.23. The molecule has 108 valence electrons. The summed E-state index contributed by atoms with van der Waals surface area (Å²) in [5.74, 6) is 5.69. The summed E-state index contributed by atoms with van der Waals surface area (Å²) in [6, 6.07) is 6.58. The predicted octanol–water partition coefficient (Wildman–Crippen LogP) is 3.49. The summed E-state index contributed by atoms with van der Waals surface area (Å²) in [4.78, 5) is 0. The van der Waals surface area contributed by atoms with E-state index in [1.807, 2.05) is 0 Å². The molecular weight excluding hydrogens is 341 g/mol. The standard InChI is InChI=1S/C12H10BrF3N2O2/c13-9-5-6-19-11(9)10(18-17)7-1-3-8(4-2-7)20-12(14,15)16/h1-6,10,18H,17H2. The Balaban J connectivity index is 2.22. The van der Waals surface area contributed by atoms with E-state index >= 15 is 0 Å². The van der Waals surface area contributed by atoms with Gasteiger partial charge in [-0.15, -0.1) is 13.2 Å². The molecule has 1 aromatic heterocycles. The van der Waals surface area contributed by atoms with E-state index in [0.29, 0.717) is 15.8 Å². The number of nitrogens with two attached hydrogens (primary N) is 1. The Labute approximate surface area is 120 Å². The number of ether oxygens (including phenoxy) is 1. The zero-order valence-electron chi connectivity index (χ0n) is 9.95. The number of nitrogens with one attached hydrogen (secondary N) is 1. The minimum absolute atomic E-state index is 0.296. The second-order valence-electron chi connectivity index (χ2n) is 3.85. The van der Waals surface area contributed by atoms with Crippen molar-refractivity contribution >= 4 is 15.9 Å². The molecule has 0 aliphatic heterocycles. The molecule has 20 heavy (non-hydrogen) atoms. The number of furan rings is 1. The number of hydrogen-bond donors (Lipinski definition) is 2. The molecule has 0 amide bonds. The van der Waals surface area contributed by atoms with Crippen molar-refractivity contribution in [1.82, 2.24) is 5.43 Å². The first-order valence-electron chi connectivity index (χ1n) is 5.45. The Morgan fingerprint density at radius 3 is 2.30 bits per heavy atom. The average Bonchev–Trinajstić information content (AvgIpc) is 2.77. The zero-order chi connectivity index (χ0) is 14.8. The molecule has 8 heteroatoms. The van der Waals surface area contributed by atoms with Gasteiger partial charge in [-0.25, -0.2) is 5.43 Å². The van der Waals surface area contributed by atoms with Gasteiger partial charge in [-0.2, -0.15) is 0 Å². The molecule has 1 unspecified atom stereocenters. The van der Waals surface area contributed by atoms with Gasteiger partial charge in [0.1, 0.15) is 17.6 Å². The maximum Gasteiger partial charge on any atom is 0.573 e. The normalized spacial score (nSPS) is 13.2. The molecule has 4 nitrogen and oxygen atoms in total. The predicted molar refractivity (Wildman–Crippen MR) is 68.7 cm³/mol. The highest BCUT2D eigenvalue weighted by molar-refractivity contribution is 9.10. The van der Waals surface area contributed by atoms with Crippen molar-refractivity contribution in [2.45, 2.75) is 12.4 Å². The highest BCUT2D eigenvalue weighted by atomic mass is 79.9. The van der Waals surface area contributed by atoms with E-state index in [1.165, 1.54) is 30.5 Å². The van der Waals surface area contributed by atoms with Crippen LogP contribution < -0.4 is 16.0 Å². The van der Waals surface area contributed by atoms with Gasteiger partial charge in [0, 0.05) is 0 Å². The van der Waals surface area contributed by atoms with Crippen molar-refractivity contribution in [3.8, 4) is 5.75 Å². The van der Waals surface area contributed by atoms with E-state index in [1.54, 1.807) is 6.07 Å². The molecule has 2 rings (SSSR count). The molecular formula is C12H10BrF3N2O2. The molecule has 1 atom stereocenters. The largest absolute Gasteiger partial charge is 0.573 e. The van der Waals surface area contributed by atoms with Gasteiger partial charge in [-0.3, -0.25) is 5.84 Å². The second-order valence-corrected chi connectivity index (χ2v) is 4.70. The highest BCUT2D eigenvalue weighted by Crippen LogP contribution is 2.30. The number of halogens is 4. The number of hydrazine groups is 1. The molecule has 0 spiro atoms. The third-order valence-corrected chi connectivity index (χ3v) is 3.18. The van der Waals surface area contributed by atoms with Crippen molar-refractivity contribution < 1.29 is 22.3 Å². The molecule has 1 heterocycles. The van der Waals surface area contributed by atoms with Gasteiger partial charge in [-0.05, 0) is 39.7 Å². The van der Waals surface area contributed by atoms with Crippen molar-refractivity contribution in [3.63, 3.8) is 0 Å². The second kappa shape index (κ2) is 5.86. The smallest absolute Gasteiger partial charge is 0.466 e. The van der Waals surface area contributed by atoms with Gasteiger partial charge in [0.05, 0.1) is 10.7 Å². The van der Waals surface area contributed by atoms with Crippen molar-refractivity contribution in [2.24, 2.45) is 5.84 Å². The van der Waals surface area contributed by atoms with Gasteiger partial charge in [0.2, 0.25) is 0 Å². The van der Waals surface area contributed by atoms with Crippen LogP contribution in [0.4, 0.5) is 13.2 Å². The number of alkyl halides is 3. The minimum atomic E-state index is -4.71. The van der Waals surface area contributed by atoms with Crippen molar-refractivity contribution in [2.75, 3.05) is 0 Å². The molecule has 0 saturated heterocycles. The Morgan fingerprint density at radius 1 is 1.20 bits per heavy atom. The number of rotatable bonds is 4. The van der Waals surface area contributed by atoms with Gasteiger partial charge in [-0.1, -0.05) is 12.1 Å². The van der Waals surface area contributed by atoms with Crippen LogP contribution in [0.15, 0.2) is 45.5 Å². The Bertz CT molecular complexity index is 569. The zero-order valence-corrected chi connectivity index (χ0v) is 11.5. The van der Waals surface area contributed by atoms with E-state index in [9.17, 15) is 13.2 Å². The van der Waals surface area contributed by atoms with Crippen LogP contribution in [0, 0.1) is 0 Å². The molecule has 0 aliphatic carbocycles. The van der Waals surface area contributed by atoms with Gasteiger partial charge in [0.15, 0.2) is 0 Å². The van der Waals surface area contributed by atoms with Crippen molar-refractivity contribution in [3.05, 3.63) is 52.4 Å². The van der Waals surface area contributed by atoms with Gasteiger partial charge in [0.25, 0.3) is 0 Å². The third-order valence-electron chi connectivity index (χ3n) is 2.52. The lowest BCUT2D eigenvalue weighted by Gasteiger charge is -2.15. The molecule has 2 aromatic rings. The molecule has 1 aromatic carbocycles. The summed E-state index contributed by atoms with van der Waals surface area (Å²) in [5.41, 5.74) is 3.18. The van der Waals surface area contributed by atoms with Crippen LogP contribution in [0.3, 0.4) is 0 Å². The van der Waals surface area contributed by atoms with E-state index in [-0.39, 0.29) is 5.75 Å². The molecule has 3 N–H and O–H groups in total. The maximum absolute atomic E-state index is 12.1. The maximum atomic E-state index is 12.1. The highest BCUT2D eigenvalue weighted by Gasteiger charge is 2.31. The van der Waals surface area contributed by atoms with Crippen LogP contribution in [0.5, 0.6) is 5.75 Å². The number of benzene rings is 1. The molecule has 0 aliphatic rings. The van der Waals surface area contributed by atoms with Gasteiger partial charge >= 0.3 is 6.36 Å². The monoisotopic (exact) mass is 350 g/mol. The quantitative estimate of drug-likeness (QED) is 0.654. The fourth-order valence-corrected chi connectivity index (χ4v) is 2.13. The first kappa shape index (κ1) is 14.9. The Kier molecular flexibility index (Phi) is 4.36. The van der Waals surface area contributed by atoms with Crippen LogP contribution in [0.2, 0.25) is 0 Å². The first-order valence-corrected chi connectivity index (χ1v) is 6.25. The summed E-state index contributed by atoms with van der Waals surface area (Å²) < 4.78 is 46.0. The third kappa shape index (κ3) is 3.53. The fourth-order valence-electron chi connectivity index (χ4n) is 1.70. The van der Waals surface area contributed by atoms with Crippen LogP contribution in [0.25, 0.3) is 0 Å². The van der Waals surface area contributed by atoms with Gasteiger partial charge < -0.3 is 9.15 Å². The topological polar surface area (TPSA) is 60.4 Å². The lowest BCUT2D eigenvalue weighted by molar-refractivity contribution is -0.274. The molecule has 0 saturated carbocycles. The lowest BCUT2D eigenvalue weighted by atomic mass is 10.1. The number of hydrogen-bond acceptors (Lipinski definition) is 4. The fraction of sp³-hybridized carbons (Fsp3) is 0.167. The Hall–Kier alpha value is -1.51. The average molecular weight is 351 g/mol. The van der Waals surface area contributed by atoms with Crippen molar-refractivity contribution in [1.29, 1.82) is 0 Å². The molecule has 0 fully saturated rings. The summed E-state index contributed by atoms with van der Waals surface area (Å²) >= 11 is 3.30. The van der Waals surface area contributed by atoms with Crippen LogP contribution in [0.1, 0.15) is 17.4 Å². The lowest BCUT2D eigenvalue weighted by Crippen LogP contribution is -2.28. The molecule has 0 radical (unpaired) electrons. The van der Waals surface area contributed by atoms with E-state index in [4.69, 9.17) is 10.3 Å².